The SMILES string of the molecule is Cc1c(C(=O)N(CCCN(C)C)Cc2ccc(Cl)c(Cl)c2)sc2ncn(C)c(=O)c12. The fraction of sp³-hybridized carbons (Fsp3) is 0.381. The van der Waals surface area contributed by atoms with Crippen LogP contribution in [0.1, 0.15) is 27.2 Å². The molecule has 2 heterocycles. The summed E-state index contributed by atoms with van der Waals surface area (Å²) in [5.74, 6) is -0.109. The average Bonchev–Trinajstić information content (AvgIpc) is 3.03. The summed E-state index contributed by atoms with van der Waals surface area (Å²) in [5, 5.41) is 1.45. The number of carbonyl (C=O) groups is 1. The molecule has 0 spiro atoms. The Morgan fingerprint density at radius 2 is 1.93 bits per heavy atom. The molecule has 0 saturated carbocycles. The van der Waals surface area contributed by atoms with Gasteiger partial charge in [-0.2, -0.15) is 0 Å². The van der Waals surface area contributed by atoms with Gasteiger partial charge in [0.1, 0.15) is 4.83 Å². The van der Waals surface area contributed by atoms with Crippen LogP contribution in [-0.4, -0.2) is 52.4 Å². The molecule has 1 amide bonds. The number of thiophene rings is 1. The van der Waals surface area contributed by atoms with Crippen LogP contribution in [0.2, 0.25) is 10.0 Å². The van der Waals surface area contributed by atoms with E-state index in [9.17, 15) is 9.59 Å². The van der Waals surface area contributed by atoms with Crippen LogP contribution in [0, 0.1) is 6.92 Å². The van der Waals surface area contributed by atoms with Crippen molar-refractivity contribution in [2.75, 3.05) is 27.2 Å². The van der Waals surface area contributed by atoms with E-state index < -0.39 is 0 Å². The number of rotatable bonds is 7. The lowest BCUT2D eigenvalue weighted by molar-refractivity contribution is 0.0742. The molecule has 0 aliphatic heterocycles. The lowest BCUT2D eigenvalue weighted by atomic mass is 10.1. The van der Waals surface area contributed by atoms with Crippen LogP contribution in [0.5, 0.6) is 0 Å². The Hall–Kier alpha value is -1.93. The first-order chi connectivity index (χ1) is 14.2. The lowest BCUT2D eigenvalue weighted by Crippen LogP contribution is -2.33. The van der Waals surface area contributed by atoms with Crippen molar-refractivity contribution >= 4 is 50.7 Å². The minimum atomic E-state index is -0.142. The molecule has 0 fully saturated rings. The third kappa shape index (κ3) is 4.86. The standard InChI is InChI=1S/C21H24Cl2N4O2S/c1-13-17-19(24-12-26(4)20(17)28)30-18(13)21(29)27(9-5-8-25(2)3)11-14-6-7-15(22)16(23)10-14/h6-7,10,12H,5,8-9,11H2,1-4H3. The minimum Gasteiger partial charge on any atom is -0.334 e. The van der Waals surface area contributed by atoms with Crippen LogP contribution in [0.25, 0.3) is 10.2 Å². The topological polar surface area (TPSA) is 58.4 Å². The summed E-state index contributed by atoms with van der Waals surface area (Å²) in [4.78, 5) is 35.4. The minimum absolute atomic E-state index is 0.109. The number of fused-ring (bicyclic) bond motifs is 1. The summed E-state index contributed by atoms with van der Waals surface area (Å²) in [7, 11) is 5.66. The lowest BCUT2D eigenvalue weighted by Gasteiger charge is -2.24. The van der Waals surface area contributed by atoms with E-state index in [1.54, 1.807) is 24.1 Å². The highest BCUT2D eigenvalue weighted by Gasteiger charge is 2.24. The number of halogens is 2. The summed E-state index contributed by atoms with van der Waals surface area (Å²) >= 11 is 13.5. The van der Waals surface area contributed by atoms with Gasteiger partial charge in [-0.25, -0.2) is 4.98 Å². The summed E-state index contributed by atoms with van der Waals surface area (Å²) in [6, 6.07) is 5.39. The Morgan fingerprint density at radius 1 is 1.20 bits per heavy atom. The highest BCUT2D eigenvalue weighted by Crippen LogP contribution is 2.29. The van der Waals surface area contributed by atoms with Crippen LogP contribution in [0.15, 0.2) is 29.3 Å². The maximum Gasteiger partial charge on any atom is 0.264 e. The van der Waals surface area contributed by atoms with Gasteiger partial charge in [0.05, 0.1) is 26.6 Å². The Morgan fingerprint density at radius 3 is 2.60 bits per heavy atom. The van der Waals surface area contributed by atoms with E-state index in [2.05, 4.69) is 9.88 Å². The third-order valence-corrected chi connectivity index (χ3v) is 6.81. The van der Waals surface area contributed by atoms with E-state index in [1.165, 1.54) is 22.2 Å². The zero-order valence-corrected chi connectivity index (χ0v) is 19.7. The van der Waals surface area contributed by atoms with E-state index in [-0.39, 0.29) is 11.5 Å². The molecule has 0 aliphatic rings. The molecule has 0 radical (unpaired) electrons. The van der Waals surface area contributed by atoms with Crippen LogP contribution in [0.3, 0.4) is 0 Å². The maximum atomic E-state index is 13.5. The summed E-state index contributed by atoms with van der Waals surface area (Å²) in [6.45, 7) is 3.66. The molecule has 0 atom stereocenters. The van der Waals surface area contributed by atoms with Crippen LogP contribution >= 0.6 is 34.5 Å². The van der Waals surface area contributed by atoms with Crippen molar-refractivity contribution in [1.82, 2.24) is 19.4 Å². The van der Waals surface area contributed by atoms with E-state index in [1.807, 2.05) is 27.1 Å². The molecule has 0 N–H and O–H groups in total. The van der Waals surface area contributed by atoms with Crippen molar-refractivity contribution < 1.29 is 4.79 Å². The second kappa shape index (κ2) is 9.47. The number of carbonyl (C=O) groups excluding carboxylic acids is 1. The zero-order valence-electron chi connectivity index (χ0n) is 17.4. The highest BCUT2D eigenvalue weighted by molar-refractivity contribution is 7.20. The number of amides is 1. The number of benzene rings is 1. The molecule has 9 heteroatoms. The second-order valence-corrected chi connectivity index (χ2v) is 9.34. The van der Waals surface area contributed by atoms with Crippen molar-refractivity contribution in [3.8, 4) is 0 Å². The summed E-state index contributed by atoms with van der Waals surface area (Å²) in [6.07, 6.45) is 2.31. The molecule has 160 valence electrons. The van der Waals surface area contributed by atoms with Crippen LogP contribution < -0.4 is 5.56 Å². The van der Waals surface area contributed by atoms with Gasteiger partial charge in [-0.3, -0.25) is 9.59 Å². The monoisotopic (exact) mass is 466 g/mol. The molecular weight excluding hydrogens is 443 g/mol. The average molecular weight is 467 g/mol. The summed E-state index contributed by atoms with van der Waals surface area (Å²) in [5.41, 5.74) is 1.44. The summed E-state index contributed by atoms with van der Waals surface area (Å²) < 4.78 is 1.43. The second-order valence-electron chi connectivity index (χ2n) is 7.53. The Balaban J connectivity index is 1.95. The molecule has 2 aromatic heterocycles. The largest absolute Gasteiger partial charge is 0.334 e. The molecule has 0 unspecified atom stereocenters. The van der Waals surface area contributed by atoms with Gasteiger partial charge in [-0.05, 0) is 57.2 Å². The Bertz CT molecular complexity index is 1140. The van der Waals surface area contributed by atoms with Gasteiger partial charge < -0.3 is 14.4 Å². The van der Waals surface area contributed by atoms with Crippen molar-refractivity contribution in [1.29, 1.82) is 0 Å². The van der Waals surface area contributed by atoms with Crippen molar-refractivity contribution in [3.05, 3.63) is 60.9 Å². The molecule has 30 heavy (non-hydrogen) atoms. The molecular formula is C21H24Cl2N4O2S. The van der Waals surface area contributed by atoms with Gasteiger partial charge in [-0.1, -0.05) is 29.3 Å². The fourth-order valence-electron chi connectivity index (χ4n) is 3.25. The molecule has 0 bridgehead atoms. The normalized spacial score (nSPS) is 11.4. The molecule has 3 aromatic rings. The van der Waals surface area contributed by atoms with Gasteiger partial charge in [0.25, 0.3) is 11.5 Å². The smallest absolute Gasteiger partial charge is 0.264 e. The van der Waals surface area contributed by atoms with E-state index in [0.717, 1.165) is 18.5 Å². The molecule has 6 nitrogen and oxygen atoms in total. The molecule has 1 aromatic carbocycles. The van der Waals surface area contributed by atoms with Crippen LogP contribution in [-0.2, 0) is 13.6 Å². The number of hydrogen-bond acceptors (Lipinski definition) is 5. The Kier molecular flexibility index (Phi) is 7.18. The zero-order chi connectivity index (χ0) is 22.0. The predicted molar refractivity (Wildman–Crippen MR) is 124 cm³/mol. The molecule has 3 rings (SSSR count). The Labute approximate surface area is 189 Å². The quantitative estimate of drug-likeness (QED) is 0.523. The van der Waals surface area contributed by atoms with Gasteiger partial charge in [0.2, 0.25) is 0 Å². The predicted octanol–water partition coefficient (Wildman–Crippen LogP) is 4.20. The van der Waals surface area contributed by atoms with Crippen molar-refractivity contribution in [3.63, 3.8) is 0 Å². The van der Waals surface area contributed by atoms with E-state index >= 15 is 0 Å². The first-order valence-corrected chi connectivity index (χ1v) is 11.1. The first kappa shape index (κ1) is 22.7. The number of hydrogen-bond donors (Lipinski definition) is 0. The van der Waals surface area contributed by atoms with Gasteiger partial charge in [-0.15, -0.1) is 11.3 Å². The number of aryl methyl sites for hydroxylation is 2. The van der Waals surface area contributed by atoms with E-state index in [4.69, 9.17) is 23.2 Å². The third-order valence-electron chi connectivity index (χ3n) is 4.88. The number of aromatic nitrogens is 2. The van der Waals surface area contributed by atoms with E-state index in [0.29, 0.717) is 43.8 Å². The molecule has 0 saturated heterocycles. The highest BCUT2D eigenvalue weighted by atomic mass is 35.5. The fourth-order valence-corrected chi connectivity index (χ4v) is 4.67. The van der Waals surface area contributed by atoms with Gasteiger partial charge in [0, 0.05) is 20.1 Å². The maximum absolute atomic E-state index is 13.5. The van der Waals surface area contributed by atoms with Crippen LogP contribution in [0.4, 0.5) is 0 Å². The first-order valence-electron chi connectivity index (χ1n) is 9.51. The van der Waals surface area contributed by atoms with Crippen molar-refractivity contribution in [2.45, 2.75) is 19.9 Å². The molecule has 0 aliphatic carbocycles. The number of nitrogens with zero attached hydrogens (tertiary/aromatic N) is 4. The van der Waals surface area contributed by atoms with Gasteiger partial charge >= 0.3 is 0 Å². The van der Waals surface area contributed by atoms with Gasteiger partial charge in [0.15, 0.2) is 0 Å². The van der Waals surface area contributed by atoms with Crippen molar-refractivity contribution in [2.24, 2.45) is 7.05 Å².